The predicted molar refractivity (Wildman–Crippen MR) is 294 cm³/mol. The Balaban J connectivity index is 4.22. The molecule has 0 aliphatic heterocycles. The predicted octanol–water partition coefficient (Wildman–Crippen LogP) is 20.7. The molecule has 6 nitrogen and oxygen atoms in total. The SMILES string of the molecule is CCCCCCCCCCCCCCCCCCCCCCCC(=O)OC[C@H](COC(=O)CCCCCCCCCCCCCC)OC(=O)CCCCCCCCCCCCCCCCCCC. The van der Waals surface area contributed by atoms with Gasteiger partial charge in [-0.3, -0.25) is 14.4 Å². The van der Waals surface area contributed by atoms with E-state index in [2.05, 4.69) is 20.8 Å². The van der Waals surface area contributed by atoms with Gasteiger partial charge in [0.2, 0.25) is 0 Å². The van der Waals surface area contributed by atoms with Crippen molar-refractivity contribution in [3.05, 3.63) is 0 Å². The number of unbranched alkanes of at least 4 members (excludes halogenated alkanes) is 47. The molecule has 0 fully saturated rings. The molecule has 6 heteroatoms. The first-order valence-corrected chi connectivity index (χ1v) is 31.0. The molecule has 0 bridgehead atoms. The van der Waals surface area contributed by atoms with Crippen molar-refractivity contribution in [3.63, 3.8) is 0 Å². The first kappa shape index (κ1) is 66.4. The third kappa shape index (κ3) is 55.3. The first-order valence-electron chi connectivity index (χ1n) is 31.0. The van der Waals surface area contributed by atoms with Gasteiger partial charge in [-0.15, -0.1) is 0 Å². The standard InChI is InChI=1S/C62H120O6/c1-4-7-10-13-16-19-22-25-27-29-30-31-32-34-35-37-40-43-46-49-52-55-61(64)67-58-59(57-66-60(63)54-51-48-45-42-39-24-21-18-15-12-9-6-3)68-62(65)56-53-50-47-44-41-38-36-33-28-26-23-20-17-14-11-8-5-2/h59H,4-58H2,1-3H3/t59-/m0/s1. The highest BCUT2D eigenvalue weighted by atomic mass is 16.6. The molecule has 0 aliphatic rings. The molecule has 68 heavy (non-hydrogen) atoms. The molecule has 0 saturated carbocycles. The van der Waals surface area contributed by atoms with Crippen LogP contribution in [0, 0.1) is 0 Å². The maximum absolute atomic E-state index is 12.9. The fraction of sp³-hybridized carbons (Fsp3) is 0.952. The van der Waals surface area contributed by atoms with Crippen LogP contribution in [0.2, 0.25) is 0 Å². The van der Waals surface area contributed by atoms with Gasteiger partial charge in [0.15, 0.2) is 6.10 Å². The number of carbonyl (C=O) groups excluding carboxylic acids is 3. The second-order valence-electron chi connectivity index (χ2n) is 21.3. The first-order chi connectivity index (χ1) is 33.5. The van der Waals surface area contributed by atoms with E-state index in [0.29, 0.717) is 19.3 Å². The molecule has 1 atom stereocenters. The van der Waals surface area contributed by atoms with Crippen LogP contribution in [0.4, 0.5) is 0 Å². The molecule has 0 aromatic carbocycles. The van der Waals surface area contributed by atoms with Crippen molar-refractivity contribution in [2.75, 3.05) is 13.2 Å². The Morgan fingerprint density at radius 1 is 0.235 bits per heavy atom. The number of rotatable bonds is 58. The van der Waals surface area contributed by atoms with E-state index in [0.717, 1.165) is 57.8 Å². The number of esters is 3. The van der Waals surface area contributed by atoms with E-state index in [-0.39, 0.29) is 31.1 Å². The lowest BCUT2D eigenvalue weighted by Crippen LogP contribution is -2.30. The van der Waals surface area contributed by atoms with Gasteiger partial charge in [-0.05, 0) is 19.3 Å². The summed E-state index contributed by atoms with van der Waals surface area (Å²) < 4.78 is 16.9. The van der Waals surface area contributed by atoms with Crippen molar-refractivity contribution < 1.29 is 28.6 Å². The van der Waals surface area contributed by atoms with E-state index in [1.807, 2.05) is 0 Å². The van der Waals surface area contributed by atoms with E-state index in [1.165, 1.54) is 263 Å². The normalized spacial score (nSPS) is 11.9. The van der Waals surface area contributed by atoms with Gasteiger partial charge in [-0.1, -0.05) is 323 Å². The van der Waals surface area contributed by atoms with Crippen LogP contribution in [-0.2, 0) is 28.6 Å². The molecule has 0 heterocycles. The van der Waals surface area contributed by atoms with Crippen LogP contribution in [-0.4, -0.2) is 37.2 Å². The summed E-state index contributed by atoms with van der Waals surface area (Å²) in [5.74, 6) is -0.828. The maximum Gasteiger partial charge on any atom is 0.306 e. The molecule has 0 spiro atoms. The number of hydrogen-bond acceptors (Lipinski definition) is 6. The fourth-order valence-corrected chi connectivity index (χ4v) is 9.68. The van der Waals surface area contributed by atoms with Gasteiger partial charge < -0.3 is 14.2 Å². The zero-order valence-corrected chi connectivity index (χ0v) is 46.4. The Hall–Kier alpha value is -1.59. The molecule has 0 rings (SSSR count). The minimum Gasteiger partial charge on any atom is -0.462 e. The Kier molecular flexibility index (Phi) is 56.6. The molecular formula is C62H120O6. The molecule has 0 aliphatic carbocycles. The zero-order valence-electron chi connectivity index (χ0n) is 46.4. The Morgan fingerprint density at radius 3 is 0.588 bits per heavy atom. The smallest absolute Gasteiger partial charge is 0.306 e. The van der Waals surface area contributed by atoms with Crippen LogP contribution in [0.15, 0.2) is 0 Å². The molecule has 0 N–H and O–H groups in total. The quantitative estimate of drug-likeness (QED) is 0.0343. The summed E-state index contributed by atoms with van der Waals surface area (Å²) in [6.45, 7) is 6.72. The highest BCUT2D eigenvalue weighted by molar-refractivity contribution is 5.71. The van der Waals surface area contributed by atoms with Gasteiger partial charge in [0.1, 0.15) is 13.2 Å². The highest BCUT2D eigenvalue weighted by Crippen LogP contribution is 2.18. The van der Waals surface area contributed by atoms with Gasteiger partial charge in [-0.25, -0.2) is 0 Å². The van der Waals surface area contributed by atoms with Crippen LogP contribution in [0.5, 0.6) is 0 Å². The highest BCUT2D eigenvalue weighted by Gasteiger charge is 2.19. The zero-order chi connectivity index (χ0) is 49.3. The van der Waals surface area contributed by atoms with E-state index in [9.17, 15) is 14.4 Å². The van der Waals surface area contributed by atoms with Gasteiger partial charge in [0, 0.05) is 19.3 Å². The van der Waals surface area contributed by atoms with Crippen molar-refractivity contribution in [1.82, 2.24) is 0 Å². The summed E-state index contributed by atoms with van der Waals surface area (Å²) in [4.78, 5) is 38.2. The number of hydrogen-bond donors (Lipinski definition) is 0. The largest absolute Gasteiger partial charge is 0.462 e. The minimum atomic E-state index is -0.761. The Morgan fingerprint density at radius 2 is 0.397 bits per heavy atom. The summed E-state index contributed by atoms with van der Waals surface area (Å²) in [7, 11) is 0. The molecule has 0 unspecified atom stereocenters. The third-order valence-electron chi connectivity index (χ3n) is 14.4. The number of ether oxygens (including phenoxy) is 3. The molecule has 0 aromatic rings. The molecule has 404 valence electrons. The minimum absolute atomic E-state index is 0.0608. The summed E-state index contributed by atoms with van der Waals surface area (Å²) in [5, 5.41) is 0. The molecule has 0 radical (unpaired) electrons. The maximum atomic E-state index is 12.9. The number of carbonyl (C=O) groups is 3. The lowest BCUT2D eigenvalue weighted by Gasteiger charge is -2.18. The van der Waals surface area contributed by atoms with Crippen molar-refractivity contribution in [1.29, 1.82) is 0 Å². The third-order valence-corrected chi connectivity index (χ3v) is 14.4. The molecule has 0 aromatic heterocycles. The monoisotopic (exact) mass is 961 g/mol. The fourth-order valence-electron chi connectivity index (χ4n) is 9.68. The van der Waals surface area contributed by atoms with E-state index < -0.39 is 6.10 Å². The second kappa shape index (κ2) is 58.0. The Bertz CT molecular complexity index is 1010. The van der Waals surface area contributed by atoms with Gasteiger partial charge in [0.25, 0.3) is 0 Å². The van der Waals surface area contributed by atoms with Gasteiger partial charge >= 0.3 is 17.9 Å². The summed E-state index contributed by atoms with van der Waals surface area (Å²) >= 11 is 0. The van der Waals surface area contributed by atoms with Gasteiger partial charge in [0.05, 0.1) is 0 Å². The Labute approximate surface area is 425 Å². The summed E-state index contributed by atoms with van der Waals surface area (Å²) in [6, 6.07) is 0. The van der Waals surface area contributed by atoms with Crippen LogP contribution < -0.4 is 0 Å². The molecule has 0 amide bonds. The van der Waals surface area contributed by atoms with Crippen molar-refractivity contribution >= 4 is 17.9 Å². The molecular weight excluding hydrogens is 841 g/mol. The van der Waals surface area contributed by atoms with Crippen LogP contribution >= 0.6 is 0 Å². The van der Waals surface area contributed by atoms with Gasteiger partial charge in [-0.2, -0.15) is 0 Å². The van der Waals surface area contributed by atoms with Crippen LogP contribution in [0.3, 0.4) is 0 Å². The summed E-state index contributed by atoms with van der Waals surface area (Å²) in [5.41, 5.74) is 0. The van der Waals surface area contributed by atoms with Crippen molar-refractivity contribution in [2.24, 2.45) is 0 Å². The average Bonchev–Trinajstić information content (AvgIpc) is 3.34. The van der Waals surface area contributed by atoms with Crippen LogP contribution in [0.25, 0.3) is 0 Å². The van der Waals surface area contributed by atoms with Crippen LogP contribution in [0.1, 0.15) is 361 Å². The lowest BCUT2D eigenvalue weighted by molar-refractivity contribution is -0.167. The molecule has 0 saturated heterocycles. The summed E-state index contributed by atoms with van der Waals surface area (Å²) in [6.07, 6.45) is 65.3. The van der Waals surface area contributed by atoms with E-state index >= 15 is 0 Å². The van der Waals surface area contributed by atoms with E-state index in [4.69, 9.17) is 14.2 Å². The lowest BCUT2D eigenvalue weighted by atomic mass is 10.0. The average molecular weight is 962 g/mol. The second-order valence-corrected chi connectivity index (χ2v) is 21.3. The van der Waals surface area contributed by atoms with Crippen molar-refractivity contribution in [2.45, 2.75) is 367 Å². The van der Waals surface area contributed by atoms with Crippen molar-refractivity contribution in [3.8, 4) is 0 Å². The topological polar surface area (TPSA) is 78.9 Å². The van der Waals surface area contributed by atoms with E-state index in [1.54, 1.807) is 0 Å².